The van der Waals surface area contributed by atoms with Crippen LogP contribution in [0.2, 0.25) is 0 Å². The first-order valence-corrected chi connectivity index (χ1v) is 8.22. The zero-order chi connectivity index (χ0) is 16.5. The van der Waals surface area contributed by atoms with Crippen LogP contribution in [0.3, 0.4) is 0 Å². The van der Waals surface area contributed by atoms with Gasteiger partial charge in [0.1, 0.15) is 12.0 Å². The van der Waals surface area contributed by atoms with Crippen LogP contribution in [-0.2, 0) is 4.84 Å². The molecule has 0 bridgehead atoms. The molecule has 0 fully saturated rings. The predicted octanol–water partition coefficient (Wildman–Crippen LogP) is 3.91. The molecule has 1 aliphatic rings. The summed E-state index contributed by atoms with van der Waals surface area (Å²) >= 11 is 0. The van der Waals surface area contributed by atoms with Crippen LogP contribution < -0.4 is 10.2 Å². The minimum Gasteiger partial charge on any atom is -0.494 e. The van der Waals surface area contributed by atoms with E-state index < -0.39 is 5.97 Å². The Morgan fingerprint density at radius 2 is 2.00 bits per heavy atom. The summed E-state index contributed by atoms with van der Waals surface area (Å²) in [6.45, 7) is 2.75. The molecule has 5 nitrogen and oxygen atoms in total. The largest absolute Gasteiger partial charge is 0.494 e. The maximum absolute atomic E-state index is 10.8. The molecule has 23 heavy (non-hydrogen) atoms. The molecule has 1 atom stereocenters. The van der Waals surface area contributed by atoms with Gasteiger partial charge in [0.15, 0.2) is 0 Å². The van der Waals surface area contributed by atoms with Crippen molar-refractivity contribution in [2.75, 3.05) is 6.61 Å². The van der Waals surface area contributed by atoms with E-state index in [0.29, 0.717) is 12.4 Å². The van der Waals surface area contributed by atoms with Gasteiger partial charge in [0.05, 0.1) is 17.7 Å². The summed E-state index contributed by atoms with van der Waals surface area (Å²) in [5.41, 5.74) is 3.19. The van der Waals surface area contributed by atoms with Crippen molar-refractivity contribution in [2.45, 2.75) is 51.0 Å². The number of aromatic carboxylic acids is 1. The van der Waals surface area contributed by atoms with Crippen molar-refractivity contribution < 1.29 is 19.5 Å². The molecule has 0 aliphatic carbocycles. The average molecular weight is 319 g/mol. The molecule has 2 rings (SSSR count). The van der Waals surface area contributed by atoms with Crippen LogP contribution in [0.1, 0.15) is 55.8 Å². The number of hydroxylamine groups is 1. The molecule has 0 saturated carbocycles. The van der Waals surface area contributed by atoms with Crippen LogP contribution in [0.5, 0.6) is 5.75 Å². The molecule has 1 aromatic carbocycles. The van der Waals surface area contributed by atoms with Crippen LogP contribution in [0.15, 0.2) is 36.6 Å². The topological polar surface area (TPSA) is 67.8 Å². The quantitative estimate of drug-likeness (QED) is 0.640. The minimum absolute atomic E-state index is 0.158. The third-order valence-electron chi connectivity index (χ3n) is 4.11. The number of unbranched alkanes of at least 4 members (excludes halogenated alkanes) is 3. The number of carboxylic acid groups (broad SMARTS) is 1. The minimum atomic E-state index is -0.931. The number of rotatable bonds is 10. The van der Waals surface area contributed by atoms with Crippen LogP contribution in [0.4, 0.5) is 0 Å². The molecule has 2 N–H and O–H groups in total. The summed E-state index contributed by atoms with van der Waals surface area (Å²) in [6.07, 6.45) is 10.4. The third kappa shape index (κ3) is 5.28. The van der Waals surface area contributed by atoms with Gasteiger partial charge in [-0.25, -0.2) is 4.79 Å². The second-order valence-electron chi connectivity index (χ2n) is 5.92. The van der Waals surface area contributed by atoms with Crippen molar-refractivity contribution in [3.8, 4) is 5.75 Å². The van der Waals surface area contributed by atoms with E-state index in [1.165, 1.54) is 19.3 Å². The smallest absolute Gasteiger partial charge is 0.335 e. The number of carboxylic acids is 1. The number of hydrogen-bond donors (Lipinski definition) is 2. The van der Waals surface area contributed by atoms with Gasteiger partial charge in [-0.15, -0.1) is 5.48 Å². The maximum Gasteiger partial charge on any atom is 0.335 e. The van der Waals surface area contributed by atoms with E-state index in [0.717, 1.165) is 19.3 Å². The molecule has 1 aromatic rings. The Balaban J connectivity index is 1.80. The lowest BCUT2D eigenvalue weighted by molar-refractivity contribution is 0.0696. The SMILES string of the molecule is CCCCCCC1(CCOc2ccc(C(=O)O)cc2)C=CON1. The van der Waals surface area contributed by atoms with Crippen molar-refractivity contribution in [1.82, 2.24) is 5.48 Å². The Morgan fingerprint density at radius 3 is 2.61 bits per heavy atom. The zero-order valence-corrected chi connectivity index (χ0v) is 13.6. The number of hydrogen-bond acceptors (Lipinski definition) is 4. The molecular weight excluding hydrogens is 294 g/mol. The molecular formula is C18H25NO4. The summed E-state index contributed by atoms with van der Waals surface area (Å²) in [5, 5.41) is 8.88. The third-order valence-corrected chi connectivity index (χ3v) is 4.11. The molecule has 0 spiro atoms. The number of ether oxygens (including phenoxy) is 1. The molecule has 0 saturated heterocycles. The molecule has 1 aliphatic heterocycles. The van der Waals surface area contributed by atoms with Gasteiger partial charge in [-0.1, -0.05) is 32.6 Å². The highest BCUT2D eigenvalue weighted by atomic mass is 16.6. The highest BCUT2D eigenvalue weighted by Gasteiger charge is 2.30. The Morgan fingerprint density at radius 1 is 1.22 bits per heavy atom. The summed E-state index contributed by atoms with van der Waals surface area (Å²) < 4.78 is 5.73. The van der Waals surface area contributed by atoms with Gasteiger partial charge in [0.25, 0.3) is 0 Å². The standard InChI is InChI=1S/C18H25NO4/c1-2-3-4-5-10-18(12-14-23-19-18)11-13-22-16-8-6-15(7-9-16)17(20)21/h6-9,12,14,19H,2-5,10-11,13H2,1H3,(H,20,21). The highest BCUT2D eigenvalue weighted by Crippen LogP contribution is 2.25. The summed E-state index contributed by atoms with van der Waals surface area (Å²) in [6, 6.07) is 6.47. The molecule has 126 valence electrons. The van der Waals surface area contributed by atoms with Gasteiger partial charge < -0.3 is 14.7 Å². The van der Waals surface area contributed by atoms with Crippen LogP contribution in [0.25, 0.3) is 0 Å². The first-order chi connectivity index (χ1) is 11.2. The summed E-state index contributed by atoms with van der Waals surface area (Å²) in [4.78, 5) is 16.0. The van der Waals surface area contributed by atoms with Gasteiger partial charge >= 0.3 is 5.97 Å². The fourth-order valence-electron chi connectivity index (χ4n) is 2.66. The normalized spacial score (nSPS) is 19.5. The van der Waals surface area contributed by atoms with Gasteiger partial charge in [0, 0.05) is 6.42 Å². The predicted molar refractivity (Wildman–Crippen MR) is 88.4 cm³/mol. The van der Waals surface area contributed by atoms with Crippen LogP contribution in [0, 0.1) is 0 Å². The van der Waals surface area contributed by atoms with Gasteiger partial charge in [-0.3, -0.25) is 0 Å². The molecule has 1 heterocycles. The molecule has 0 radical (unpaired) electrons. The Labute approximate surface area is 137 Å². The highest BCUT2D eigenvalue weighted by molar-refractivity contribution is 5.87. The number of benzene rings is 1. The van der Waals surface area contributed by atoms with E-state index >= 15 is 0 Å². The Kier molecular flexibility index (Phi) is 6.47. The summed E-state index contributed by atoms with van der Waals surface area (Å²) in [7, 11) is 0. The monoisotopic (exact) mass is 319 g/mol. The van der Waals surface area contributed by atoms with E-state index in [2.05, 4.69) is 18.5 Å². The van der Waals surface area contributed by atoms with Crippen molar-refractivity contribution >= 4 is 5.97 Å². The fourth-order valence-corrected chi connectivity index (χ4v) is 2.66. The first-order valence-electron chi connectivity index (χ1n) is 8.22. The number of carbonyl (C=O) groups is 1. The van der Waals surface area contributed by atoms with Crippen LogP contribution in [-0.4, -0.2) is 23.2 Å². The molecule has 1 unspecified atom stereocenters. The lowest BCUT2D eigenvalue weighted by Gasteiger charge is -2.26. The van der Waals surface area contributed by atoms with Gasteiger partial charge in [-0.05, 0) is 36.8 Å². The summed E-state index contributed by atoms with van der Waals surface area (Å²) in [5.74, 6) is -0.251. The van der Waals surface area contributed by atoms with Crippen molar-refractivity contribution in [2.24, 2.45) is 0 Å². The van der Waals surface area contributed by atoms with Crippen molar-refractivity contribution in [1.29, 1.82) is 0 Å². The Hall–Kier alpha value is -2.01. The van der Waals surface area contributed by atoms with Gasteiger partial charge in [-0.2, -0.15) is 0 Å². The van der Waals surface area contributed by atoms with Crippen molar-refractivity contribution in [3.63, 3.8) is 0 Å². The van der Waals surface area contributed by atoms with Crippen LogP contribution >= 0.6 is 0 Å². The zero-order valence-electron chi connectivity index (χ0n) is 13.6. The second kappa shape index (κ2) is 8.58. The first kappa shape index (κ1) is 17.3. The molecule has 5 heteroatoms. The second-order valence-corrected chi connectivity index (χ2v) is 5.92. The van der Waals surface area contributed by atoms with Crippen molar-refractivity contribution in [3.05, 3.63) is 42.2 Å². The van der Waals surface area contributed by atoms with E-state index in [9.17, 15) is 4.79 Å². The van der Waals surface area contributed by atoms with E-state index in [1.54, 1.807) is 30.5 Å². The van der Waals surface area contributed by atoms with E-state index in [-0.39, 0.29) is 11.1 Å². The number of nitrogens with one attached hydrogen (secondary N) is 1. The van der Waals surface area contributed by atoms with E-state index in [4.69, 9.17) is 14.7 Å². The lowest BCUT2D eigenvalue weighted by atomic mass is 9.90. The molecule has 0 aromatic heterocycles. The van der Waals surface area contributed by atoms with E-state index in [1.807, 2.05) is 0 Å². The lowest BCUT2D eigenvalue weighted by Crippen LogP contribution is -2.40. The van der Waals surface area contributed by atoms with Gasteiger partial charge in [0.2, 0.25) is 0 Å². The molecule has 0 amide bonds. The Bertz CT molecular complexity index is 526. The maximum atomic E-state index is 10.8. The fraction of sp³-hybridized carbons (Fsp3) is 0.500. The average Bonchev–Trinajstić information content (AvgIpc) is 3.01.